The molecule has 1 aliphatic heterocycles. The van der Waals surface area contributed by atoms with Gasteiger partial charge in [-0.05, 0) is 51.9 Å². The Balaban J connectivity index is 2.31. The van der Waals surface area contributed by atoms with Gasteiger partial charge in [0.1, 0.15) is 0 Å². The Morgan fingerprint density at radius 3 is 2.12 bits per heavy atom. The Bertz CT molecular complexity index is 159. The molecule has 0 unspecified atom stereocenters. The summed E-state index contributed by atoms with van der Waals surface area (Å²) in [4.78, 5) is 5.20. The molecule has 0 spiro atoms. The van der Waals surface area contributed by atoms with Crippen LogP contribution in [0.2, 0.25) is 0 Å². The fourth-order valence-electron chi connectivity index (χ4n) is 2.74. The lowest BCUT2D eigenvalue weighted by atomic mass is 10.0. The highest BCUT2D eigenvalue weighted by Gasteiger charge is 2.22. The van der Waals surface area contributed by atoms with Gasteiger partial charge >= 0.3 is 0 Å². The Labute approximate surface area is 101 Å². The third-order valence-corrected chi connectivity index (χ3v) is 3.54. The highest BCUT2D eigenvalue weighted by molar-refractivity contribution is 4.79. The second-order valence-electron chi connectivity index (χ2n) is 4.90. The third kappa shape index (κ3) is 4.40. The molecule has 1 saturated heterocycles. The van der Waals surface area contributed by atoms with E-state index in [9.17, 15) is 0 Å². The molecule has 1 fully saturated rings. The van der Waals surface area contributed by atoms with Gasteiger partial charge in [-0.15, -0.1) is 0 Å². The van der Waals surface area contributed by atoms with E-state index in [4.69, 9.17) is 5.73 Å². The lowest BCUT2D eigenvalue weighted by Gasteiger charge is -2.38. The second-order valence-corrected chi connectivity index (χ2v) is 4.90. The molecule has 0 atom stereocenters. The third-order valence-electron chi connectivity index (χ3n) is 3.54. The smallest absolute Gasteiger partial charge is 0.0120 e. The van der Waals surface area contributed by atoms with E-state index >= 15 is 0 Å². The predicted molar refractivity (Wildman–Crippen MR) is 70.7 cm³/mol. The van der Waals surface area contributed by atoms with E-state index < -0.39 is 0 Å². The van der Waals surface area contributed by atoms with Crippen molar-refractivity contribution in [2.24, 2.45) is 5.73 Å². The molecular formula is C13H29N3. The molecule has 1 rings (SSSR count). The van der Waals surface area contributed by atoms with Crippen molar-refractivity contribution in [1.82, 2.24) is 9.80 Å². The molecule has 0 aliphatic carbocycles. The van der Waals surface area contributed by atoms with Crippen molar-refractivity contribution < 1.29 is 0 Å². The van der Waals surface area contributed by atoms with Crippen molar-refractivity contribution >= 4 is 0 Å². The van der Waals surface area contributed by atoms with Gasteiger partial charge in [-0.2, -0.15) is 0 Å². The maximum atomic E-state index is 5.60. The minimum absolute atomic E-state index is 0.804. The molecule has 96 valence electrons. The van der Waals surface area contributed by atoms with Gasteiger partial charge in [0, 0.05) is 19.1 Å². The second kappa shape index (κ2) is 8.04. The highest BCUT2D eigenvalue weighted by Crippen LogP contribution is 2.16. The maximum absolute atomic E-state index is 5.60. The summed E-state index contributed by atoms with van der Waals surface area (Å²) in [5, 5.41) is 0. The molecule has 16 heavy (non-hydrogen) atoms. The van der Waals surface area contributed by atoms with Crippen LogP contribution in [0.4, 0.5) is 0 Å². The first-order valence-electron chi connectivity index (χ1n) is 6.98. The number of hydrogen-bond acceptors (Lipinski definition) is 3. The van der Waals surface area contributed by atoms with Crippen LogP contribution in [-0.4, -0.2) is 55.1 Å². The van der Waals surface area contributed by atoms with Gasteiger partial charge in [-0.25, -0.2) is 0 Å². The van der Waals surface area contributed by atoms with Crippen molar-refractivity contribution in [3.63, 3.8) is 0 Å². The number of nitrogens with two attached hydrogens (primary N) is 1. The van der Waals surface area contributed by atoms with Crippen LogP contribution in [0.15, 0.2) is 0 Å². The van der Waals surface area contributed by atoms with Crippen LogP contribution in [-0.2, 0) is 0 Å². The Morgan fingerprint density at radius 1 is 1.12 bits per heavy atom. The summed E-state index contributed by atoms with van der Waals surface area (Å²) >= 11 is 0. The van der Waals surface area contributed by atoms with Gasteiger partial charge < -0.3 is 15.5 Å². The van der Waals surface area contributed by atoms with Crippen LogP contribution in [0.5, 0.6) is 0 Å². The molecule has 0 saturated carbocycles. The summed E-state index contributed by atoms with van der Waals surface area (Å²) in [5.41, 5.74) is 5.60. The topological polar surface area (TPSA) is 32.5 Å². The zero-order valence-electron chi connectivity index (χ0n) is 11.1. The molecular weight excluding hydrogens is 198 g/mol. The lowest BCUT2D eigenvalue weighted by molar-refractivity contribution is 0.109. The van der Waals surface area contributed by atoms with E-state index in [0.717, 1.165) is 19.1 Å². The van der Waals surface area contributed by atoms with Crippen molar-refractivity contribution in [2.75, 3.05) is 39.3 Å². The zero-order valence-corrected chi connectivity index (χ0v) is 11.1. The number of nitrogens with zero attached hydrogens (tertiary/aromatic N) is 2. The summed E-state index contributed by atoms with van der Waals surface area (Å²) in [6, 6.07) is 0.828. The predicted octanol–water partition coefficient (Wildman–Crippen LogP) is 1.53. The maximum Gasteiger partial charge on any atom is 0.0120 e. The van der Waals surface area contributed by atoms with Crippen LogP contribution in [0.25, 0.3) is 0 Å². The molecule has 3 nitrogen and oxygen atoms in total. The summed E-state index contributed by atoms with van der Waals surface area (Å²) in [6.07, 6.45) is 5.23. The first kappa shape index (κ1) is 13.9. The largest absolute Gasteiger partial charge is 0.329 e. The monoisotopic (exact) mass is 227 g/mol. The van der Waals surface area contributed by atoms with Gasteiger partial charge in [0.15, 0.2) is 0 Å². The Kier molecular flexibility index (Phi) is 7.01. The molecule has 0 aromatic rings. The fourth-order valence-corrected chi connectivity index (χ4v) is 2.74. The lowest BCUT2D eigenvalue weighted by Crippen LogP contribution is -2.46. The van der Waals surface area contributed by atoms with Gasteiger partial charge in [0.05, 0.1) is 0 Å². The summed E-state index contributed by atoms with van der Waals surface area (Å²) in [5.74, 6) is 0. The SMILES string of the molecule is CCCN(CCC)C1CCN(CCN)CC1. The van der Waals surface area contributed by atoms with Crippen LogP contribution < -0.4 is 5.73 Å². The minimum atomic E-state index is 0.804. The van der Waals surface area contributed by atoms with E-state index in [1.165, 1.54) is 51.9 Å². The molecule has 2 N–H and O–H groups in total. The van der Waals surface area contributed by atoms with Gasteiger partial charge in [0.2, 0.25) is 0 Å². The Morgan fingerprint density at radius 2 is 1.69 bits per heavy atom. The zero-order chi connectivity index (χ0) is 11.8. The van der Waals surface area contributed by atoms with Crippen LogP contribution in [0.1, 0.15) is 39.5 Å². The van der Waals surface area contributed by atoms with Crippen molar-refractivity contribution in [1.29, 1.82) is 0 Å². The van der Waals surface area contributed by atoms with Crippen molar-refractivity contribution in [2.45, 2.75) is 45.6 Å². The first-order valence-corrected chi connectivity index (χ1v) is 6.98. The fraction of sp³-hybridized carbons (Fsp3) is 1.00. The standard InChI is InChI=1S/C13H29N3/c1-3-8-16(9-4-2)13-5-10-15(11-6-13)12-7-14/h13H,3-12,14H2,1-2H3. The molecule has 1 heterocycles. The van der Waals surface area contributed by atoms with Gasteiger partial charge in [-0.3, -0.25) is 0 Å². The molecule has 0 amide bonds. The van der Waals surface area contributed by atoms with Crippen molar-refractivity contribution in [3.05, 3.63) is 0 Å². The van der Waals surface area contributed by atoms with Crippen LogP contribution in [0.3, 0.4) is 0 Å². The average Bonchev–Trinajstić information content (AvgIpc) is 2.30. The number of hydrogen-bond donors (Lipinski definition) is 1. The van der Waals surface area contributed by atoms with Crippen molar-refractivity contribution in [3.8, 4) is 0 Å². The quantitative estimate of drug-likeness (QED) is 0.716. The normalized spacial score (nSPS) is 19.5. The highest BCUT2D eigenvalue weighted by atomic mass is 15.2. The molecule has 1 aliphatic rings. The number of likely N-dealkylation sites (tertiary alicyclic amines) is 1. The molecule has 0 radical (unpaired) electrons. The summed E-state index contributed by atoms with van der Waals surface area (Å²) in [6.45, 7) is 11.5. The molecule has 0 aromatic heterocycles. The summed E-state index contributed by atoms with van der Waals surface area (Å²) in [7, 11) is 0. The molecule has 0 aromatic carbocycles. The van der Waals surface area contributed by atoms with E-state index in [1.54, 1.807) is 0 Å². The van der Waals surface area contributed by atoms with Crippen LogP contribution in [0, 0.1) is 0 Å². The van der Waals surface area contributed by atoms with E-state index in [0.29, 0.717) is 0 Å². The van der Waals surface area contributed by atoms with Gasteiger partial charge in [-0.1, -0.05) is 13.8 Å². The Hall–Kier alpha value is -0.120. The molecule has 3 heteroatoms. The average molecular weight is 227 g/mol. The van der Waals surface area contributed by atoms with E-state index in [1.807, 2.05) is 0 Å². The number of piperidine rings is 1. The summed E-state index contributed by atoms with van der Waals surface area (Å²) < 4.78 is 0. The molecule has 0 bridgehead atoms. The number of rotatable bonds is 7. The minimum Gasteiger partial charge on any atom is -0.329 e. The van der Waals surface area contributed by atoms with Gasteiger partial charge in [0.25, 0.3) is 0 Å². The van der Waals surface area contributed by atoms with E-state index in [-0.39, 0.29) is 0 Å². The first-order chi connectivity index (χ1) is 7.81. The van der Waals surface area contributed by atoms with E-state index in [2.05, 4.69) is 23.6 Å². The van der Waals surface area contributed by atoms with Crippen LogP contribution >= 0.6 is 0 Å².